The van der Waals surface area contributed by atoms with Gasteiger partial charge in [-0.05, 0) is 31.4 Å². The number of hydrogen-bond acceptors (Lipinski definition) is 4. The predicted octanol–water partition coefficient (Wildman–Crippen LogP) is 1.74. The zero-order chi connectivity index (χ0) is 12.8. The lowest BCUT2D eigenvalue weighted by atomic mass is 10.1. The SMILES string of the molecule is NC1CCC(C(=O)OCCOc2ccccc2)C1. The highest BCUT2D eigenvalue weighted by Crippen LogP contribution is 2.25. The van der Waals surface area contributed by atoms with E-state index >= 15 is 0 Å². The van der Waals surface area contributed by atoms with Crippen LogP contribution in [0.25, 0.3) is 0 Å². The van der Waals surface area contributed by atoms with Crippen molar-refractivity contribution in [1.82, 2.24) is 0 Å². The van der Waals surface area contributed by atoms with Crippen LogP contribution in [0.2, 0.25) is 0 Å². The van der Waals surface area contributed by atoms with E-state index in [2.05, 4.69) is 0 Å². The predicted molar refractivity (Wildman–Crippen MR) is 68.2 cm³/mol. The van der Waals surface area contributed by atoms with Gasteiger partial charge in [-0.3, -0.25) is 4.79 Å². The molecule has 1 fully saturated rings. The number of para-hydroxylation sites is 1. The van der Waals surface area contributed by atoms with E-state index in [4.69, 9.17) is 15.2 Å². The number of hydrogen-bond donors (Lipinski definition) is 1. The van der Waals surface area contributed by atoms with Crippen molar-refractivity contribution in [3.05, 3.63) is 30.3 Å². The van der Waals surface area contributed by atoms with E-state index in [1.54, 1.807) is 0 Å². The summed E-state index contributed by atoms with van der Waals surface area (Å²) in [6.07, 6.45) is 2.51. The molecule has 4 heteroatoms. The lowest BCUT2D eigenvalue weighted by Crippen LogP contribution is -2.21. The van der Waals surface area contributed by atoms with Gasteiger partial charge in [0.25, 0.3) is 0 Å². The maximum absolute atomic E-state index is 11.7. The molecule has 4 nitrogen and oxygen atoms in total. The summed E-state index contributed by atoms with van der Waals surface area (Å²) in [6.45, 7) is 0.675. The summed E-state index contributed by atoms with van der Waals surface area (Å²) in [6, 6.07) is 9.64. The Kier molecular flexibility index (Phi) is 4.59. The van der Waals surface area contributed by atoms with Gasteiger partial charge < -0.3 is 15.2 Å². The van der Waals surface area contributed by atoms with E-state index in [-0.39, 0.29) is 17.9 Å². The van der Waals surface area contributed by atoms with Crippen LogP contribution in [-0.2, 0) is 9.53 Å². The lowest BCUT2D eigenvalue weighted by molar-refractivity contribution is -0.149. The number of ether oxygens (including phenoxy) is 2. The number of carbonyl (C=O) groups excluding carboxylic acids is 1. The smallest absolute Gasteiger partial charge is 0.309 e. The fourth-order valence-electron chi connectivity index (χ4n) is 2.17. The number of rotatable bonds is 5. The average molecular weight is 249 g/mol. The summed E-state index contributed by atoms with van der Waals surface area (Å²) >= 11 is 0. The van der Waals surface area contributed by atoms with Gasteiger partial charge >= 0.3 is 5.97 Å². The zero-order valence-corrected chi connectivity index (χ0v) is 10.4. The van der Waals surface area contributed by atoms with E-state index < -0.39 is 0 Å². The van der Waals surface area contributed by atoms with Gasteiger partial charge in [0.1, 0.15) is 19.0 Å². The Morgan fingerprint density at radius 3 is 2.67 bits per heavy atom. The van der Waals surface area contributed by atoms with Crippen molar-refractivity contribution >= 4 is 5.97 Å². The molecule has 0 spiro atoms. The minimum absolute atomic E-state index is 0.0169. The molecule has 2 atom stereocenters. The molecular weight excluding hydrogens is 230 g/mol. The second-order valence-electron chi connectivity index (χ2n) is 4.60. The highest BCUT2D eigenvalue weighted by atomic mass is 16.6. The van der Waals surface area contributed by atoms with Crippen LogP contribution >= 0.6 is 0 Å². The molecule has 0 aliphatic heterocycles. The second-order valence-corrected chi connectivity index (χ2v) is 4.60. The standard InChI is InChI=1S/C14H19NO3/c15-12-7-6-11(10-12)14(16)18-9-8-17-13-4-2-1-3-5-13/h1-5,11-12H,6-10,15H2. The molecular formula is C14H19NO3. The summed E-state index contributed by atoms with van der Waals surface area (Å²) < 4.78 is 10.6. The molecule has 0 saturated heterocycles. The third-order valence-electron chi connectivity index (χ3n) is 3.15. The van der Waals surface area contributed by atoms with Crippen LogP contribution in [0, 0.1) is 5.92 Å². The molecule has 1 aromatic carbocycles. The Morgan fingerprint density at radius 1 is 1.22 bits per heavy atom. The molecule has 0 bridgehead atoms. The van der Waals surface area contributed by atoms with Crippen LogP contribution in [0.4, 0.5) is 0 Å². The Hall–Kier alpha value is -1.55. The van der Waals surface area contributed by atoms with Gasteiger partial charge in [0.2, 0.25) is 0 Å². The van der Waals surface area contributed by atoms with Crippen LogP contribution < -0.4 is 10.5 Å². The minimum atomic E-state index is -0.139. The highest BCUT2D eigenvalue weighted by molar-refractivity contribution is 5.72. The van der Waals surface area contributed by atoms with Gasteiger partial charge in [0.05, 0.1) is 5.92 Å². The van der Waals surface area contributed by atoms with Crippen molar-refractivity contribution in [3.8, 4) is 5.75 Å². The molecule has 18 heavy (non-hydrogen) atoms. The van der Waals surface area contributed by atoms with E-state index in [9.17, 15) is 4.79 Å². The van der Waals surface area contributed by atoms with Crippen molar-refractivity contribution in [2.45, 2.75) is 25.3 Å². The summed E-state index contributed by atoms with van der Waals surface area (Å²) in [5.74, 6) is 0.632. The molecule has 98 valence electrons. The Bertz CT molecular complexity index is 380. The fourth-order valence-corrected chi connectivity index (χ4v) is 2.17. The molecule has 2 N–H and O–H groups in total. The van der Waals surface area contributed by atoms with Gasteiger partial charge in [0, 0.05) is 6.04 Å². The number of esters is 1. The Balaban J connectivity index is 1.62. The molecule has 1 aliphatic rings. The van der Waals surface area contributed by atoms with Crippen molar-refractivity contribution in [3.63, 3.8) is 0 Å². The molecule has 0 heterocycles. The quantitative estimate of drug-likeness (QED) is 0.637. The summed E-state index contributed by atoms with van der Waals surface area (Å²) in [5, 5.41) is 0. The molecule has 1 saturated carbocycles. The van der Waals surface area contributed by atoms with Crippen LogP contribution in [0.5, 0.6) is 5.75 Å². The topological polar surface area (TPSA) is 61.6 Å². The molecule has 2 rings (SSSR count). The third-order valence-corrected chi connectivity index (χ3v) is 3.15. The maximum atomic E-state index is 11.7. The summed E-state index contributed by atoms with van der Waals surface area (Å²) in [5.41, 5.74) is 5.76. The first-order chi connectivity index (χ1) is 8.75. The van der Waals surface area contributed by atoms with Gasteiger partial charge in [-0.2, -0.15) is 0 Å². The van der Waals surface area contributed by atoms with Gasteiger partial charge in [-0.15, -0.1) is 0 Å². The Labute approximate surface area is 107 Å². The third kappa shape index (κ3) is 3.74. The van der Waals surface area contributed by atoms with E-state index in [0.717, 1.165) is 25.0 Å². The van der Waals surface area contributed by atoms with Crippen LogP contribution in [-0.4, -0.2) is 25.2 Å². The van der Waals surface area contributed by atoms with Gasteiger partial charge in [-0.25, -0.2) is 0 Å². The summed E-state index contributed by atoms with van der Waals surface area (Å²) in [4.78, 5) is 11.7. The van der Waals surface area contributed by atoms with Crippen LogP contribution in [0.15, 0.2) is 30.3 Å². The van der Waals surface area contributed by atoms with E-state index in [0.29, 0.717) is 13.2 Å². The van der Waals surface area contributed by atoms with E-state index in [1.807, 2.05) is 30.3 Å². The fraction of sp³-hybridized carbons (Fsp3) is 0.500. The lowest BCUT2D eigenvalue weighted by Gasteiger charge is -2.10. The van der Waals surface area contributed by atoms with Crippen molar-refractivity contribution < 1.29 is 14.3 Å². The van der Waals surface area contributed by atoms with Crippen molar-refractivity contribution in [2.75, 3.05) is 13.2 Å². The molecule has 0 aromatic heterocycles. The van der Waals surface area contributed by atoms with Crippen molar-refractivity contribution in [1.29, 1.82) is 0 Å². The molecule has 0 amide bonds. The number of carbonyl (C=O) groups is 1. The highest BCUT2D eigenvalue weighted by Gasteiger charge is 2.28. The molecule has 0 radical (unpaired) electrons. The first-order valence-corrected chi connectivity index (χ1v) is 6.36. The first-order valence-electron chi connectivity index (χ1n) is 6.36. The average Bonchev–Trinajstić information content (AvgIpc) is 2.82. The monoisotopic (exact) mass is 249 g/mol. The molecule has 2 unspecified atom stereocenters. The number of nitrogens with two attached hydrogens (primary N) is 1. The normalized spacial score (nSPS) is 22.7. The largest absolute Gasteiger partial charge is 0.490 e. The Morgan fingerprint density at radius 2 is 2.00 bits per heavy atom. The first kappa shape index (κ1) is 12.9. The molecule has 1 aliphatic carbocycles. The van der Waals surface area contributed by atoms with E-state index in [1.165, 1.54) is 0 Å². The number of benzene rings is 1. The van der Waals surface area contributed by atoms with Crippen molar-refractivity contribution in [2.24, 2.45) is 11.7 Å². The summed E-state index contributed by atoms with van der Waals surface area (Å²) in [7, 11) is 0. The van der Waals surface area contributed by atoms with Gasteiger partial charge in [-0.1, -0.05) is 18.2 Å². The van der Waals surface area contributed by atoms with Gasteiger partial charge in [0.15, 0.2) is 0 Å². The zero-order valence-electron chi connectivity index (χ0n) is 10.4. The minimum Gasteiger partial charge on any atom is -0.490 e. The van der Waals surface area contributed by atoms with Crippen LogP contribution in [0.3, 0.4) is 0 Å². The van der Waals surface area contributed by atoms with Crippen LogP contribution in [0.1, 0.15) is 19.3 Å². The molecule has 1 aromatic rings. The maximum Gasteiger partial charge on any atom is 0.309 e. The second kappa shape index (κ2) is 6.40.